The van der Waals surface area contributed by atoms with Gasteiger partial charge in [-0.05, 0) is 37.1 Å². The largest absolute Gasteiger partial charge is 0.396 e. The van der Waals surface area contributed by atoms with Crippen LogP contribution in [0.25, 0.3) is 0 Å². The number of amides is 1. The first kappa shape index (κ1) is 23.7. The molecule has 11 heteroatoms. The fourth-order valence-corrected chi connectivity index (χ4v) is 3.53. The molecule has 32 heavy (non-hydrogen) atoms. The fraction of sp³-hybridized carbons (Fsp3) is 0.238. The van der Waals surface area contributed by atoms with Gasteiger partial charge in [-0.1, -0.05) is 23.2 Å². The molecule has 0 aliphatic heterocycles. The van der Waals surface area contributed by atoms with Gasteiger partial charge in [0.1, 0.15) is 11.6 Å². The third-order valence-corrected chi connectivity index (χ3v) is 4.85. The number of aromatic nitrogens is 3. The Balaban J connectivity index is 1.74. The summed E-state index contributed by atoms with van der Waals surface area (Å²) < 4.78 is 0. The number of benzene rings is 1. The second-order valence-corrected chi connectivity index (χ2v) is 7.64. The maximum Gasteiger partial charge on any atom is 0.258 e. The molecule has 1 amide bonds. The predicted molar refractivity (Wildman–Crippen MR) is 125 cm³/mol. The molecule has 3 rings (SSSR count). The average molecular weight is 477 g/mol. The topological polar surface area (TPSA) is 132 Å². The number of hydrogen-bond donors (Lipinski definition) is 5. The van der Waals surface area contributed by atoms with Crippen LogP contribution in [-0.4, -0.2) is 44.2 Å². The number of hydrogen-bond acceptors (Lipinski definition) is 8. The third-order valence-electron chi connectivity index (χ3n) is 4.26. The van der Waals surface area contributed by atoms with E-state index in [9.17, 15) is 9.90 Å². The number of carbonyl (C=O) groups is 1. The lowest BCUT2D eigenvalue weighted by molar-refractivity contribution is 0.102. The van der Waals surface area contributed by atoms with Crippen LogP contribution < -0.4 is 16.0 Å². The minimum Gasteiger partial charge on any atom is -0.396 e. The normalized spacial score (nSPS) is 10.7. The van der Waals surface area contributed by atoms with Crippen LogP contribution in [0.4, 0.5) is 23.3 Å². The molecule has 0 radical (unpaired) electrons. The molecule has 5 N–H and O–H groups in total. The number of aliphatic hydroxyl groups is 2. The summed E-state index contributed by atoms with van der Waals surface area (Å²) in [6.07, 6.45) is 2.12. The van der Waals surface area contributed by atoms with Crippen molar-refractivity contribution in [2.45, 2.75) is 20.0 Å². The quantitative estimate of drug-likeness (QED) is 0.294. The zero-order valence-corrected chi connectivity index (χ0v) is 18.7. The Labute approximate surface area is 194 Å². The lowest BCUT2D eigenvalue weighted by atomic mass is 10.1. The van der Waals surface area contributed by atoms with Crippen LogP contribution in [0.3, 0.4) is 0 Å². The van der Waals surface area contributed by atoms with Gasteiger partial charge in [0.05, 0.1) is 22.2 Å². The summed E-state index contributed by atoms with van der Waals surface area (Å²) in [6.45, 7) is 2.23. The van der Waals surface area contributed by atoms with E-state index in [-0.39, 0.29) is 28.8 Å². The Morgan fingerprint density at radius 2 is 1.81 bits per heavy atom. The van der Waals surface area contributed by atoms with Crippen molar-refractivity contribution >= 4 is 52.4 Å². The third kappa shape index (κ3) is 6.27. The van der Waals surface area contributed by atoms with Crippen LogP contribution in [0, 0.1) is 6.92 Å². The first-order valence-corrected chi connectivity index (χ1v) is 10.5. The molecule has 168 valence electrons. The zero-order valence-electron chi connectivity index (χ0n) is 17.2. The van der Waals surface area contributed by atoms with Crippen molar-refractivity contribution in [2.24, 2.45) is 0 Å². The Bertz CT molecular complexity index is 1090. The summed E-state index contributed by atoms with van der Waals surface area (Å²) in [6, 6.07) is 8.00. The van der Waals surface area contributed by atoms with Crippen LogP contribution >= 0.6 is 23.2 Å². The number of aryl methyl sites for hydroxylation is 1. The number of aliphatic hydroxyl groups excluding tert-OH is 2. The number of rotatable bonds is 9. The van der Waals surface area contributed by atoms with Gasteiger partial charge in [-0.2, -0.15) is 4.98 Å². The molecule has 9 nitrogen and oxygen atoms in total. The second kappa shape index (κ2) is 11.1. The number of nitrogens with one attached hydrogen (secondary N) is 3. The Kier molecular flexibility index (Phi) is 8.18. The van der Waals surface area contributed by atoms with Gasteiger partial charge in [0, 0.05) is 42.9 Å². The lowest BCUT2D eigenvalue weighted by Crippen LogP contribution is -2.14. The molecular weight excluding hydrogens is 455 g/mol. The first-order chi connectivity index (χ1) is 15.4. The van der Waals surface area contributed by atoms with Crippen molar-refractivity contribution in [1.29, 1.82) is 0 Å². The van der Waals surface area contributed by atoms with Crippen LogP contribution in [0.15, 0.2) is 36.5 Å². The lowest BCUT2D eigenvalue weighted by Gasteiger charge is -2.12. The van der Waals surface area contributed by atoms with E-state index in [2.05, 4.69) is 30.9 Å². The monoisotopic (exact) mass is 476 g/mol. The van der Waals surface area contributed by atoms with E-state index >= 15 is 0 Å². The van der Waals surface area contributed by atoms with Gasteiger partial charge in [-0.25, -0.2) is 9.97 Å². The van der Waals surface area contributed by atoms with E-state index in [1.54, 1.807) is 18.2 Å². The maximum absolute atomic E-state index is 12.7. The van der Waals surface area contributed by atoms with E-state index in [4.69, 9.17) is 28.3 Å². The standard InChI is InChI=1S/C21H22Cl2N6O3/c1-12-7-18(29-21(26-12)25-4-2-6-30)28-17-10-14(3-5-24-17)27-20(32)19-15(22)8-13(11-31)9-16(19)23/h3,5,7-10,30-31H,2,4,6,11H2,1H3,(H3,24,25,26,27,28,29,32). The second-order valence-electron chi connectivity index (χ2n) is 6.82. The van der Waals surface area contributed by atoms with Crippen molar-refractivity contribution in [3.8, 4) is 0 Å². The van der Waals surface area contributed by atoms with Gasteiger partial charge >= 0.3 is 0 Å². The summed E-state index contributed by atoms with van der Waals surface area (Å²) >= 11 is 12.3. The molecule has 0 fully saturated rings. The molecule has 2 heterocycles. The van der Waals surface area contributed by atoms with E-state index < -0.39 is 5.91 Å². The van der Waals surface area contributed by atoms with Crippen molar-refractivity contribution in [3.63, 3.8) is 0 Å². The van der Waals surface area contributed by atoms with Gasteiger partial charge in [-0.15, -0.1) is 0 Å². The van der Waals surface area contributed by atoms with Gasteiger partial charge < -0.3 is 26.2 Å². The number of carbonyl (C=O) groups excluding carboxylic acids is 1. The minimum absolute atomic E-state index is 0.0777. The maximum atomic E-state index is 12.7. The molecule has 0 spiro atoms. The zero-order chi connectivity index (χ0) is 23.1. The summed E-state index contributed by atoms with van der Waals surface area (Å²) in [4.78, 5) is 25.6. The Morgan fingerprint density at radius 1 is 1.06 bits per heavy atom. The first-order valence-electron chi connectivity index (χ1n) is 9.73. The molecule has 2 aromatic heterocycles. The van der Waals surface area contributed by atoms with Gasteiger partial charge in [0.25, 0.3) is 5.91 Å². The van der Waals surface area contributed by atoms with Crippen molar-refractivity contribution < 1.29 is 15.0 Å². The highest BCUT2D eigenvalue weighted by atomic mass is 35.5. The molecule has 0 bridgehead atoms. The van der Waals surface area contributed by atoms with Crippen LogP contribution in [0.2, 0.25) is 10.0 Å². The van der Waals surface area contributed by atoms with Crippen molar-refractivity contribution in [3.05, 3.63) is 63.4 Å². The Morgan fingerprint density at radius 3 is 2.50 bits per heavy atom. The molecular formula is C21H22Cl2N6O3. The van der Waals surface area contributed by atoms with E-state index in [0.29, 0.717) is 41.8 Å². The van der Waals surface area contributed by atoms with Crippen LogP contribution in [-0.2, 0) is 6.61 Å². The molecule has 0 saturated heterocycles. The van der Waals surface area contributed by atoms with Crippen LogP contribution in [0.5, 0.6) is 0 Å². The van der Waals surface area contributed by atoms with Gasteiger partial charge in [0.2, 0.25) is 5.95 Å². The van der Waals surface area contributed by atoms with E-state index in [1.807, 2.05) is 6.92 Å². The molecule has 0 atom stereocenters. The highest BCUT2D eigenvalue weighted by Gasteiger charge is 2.17. The van der Waals surface area contributed by atoms with Crippen molar-refractivity contribution in [2.75, 3.05) is 29.1 Å². The highest BCUT2D eigenvalue weighted by molar-refractivity contribution is 6.40. The number of halogens is 2. The average Bonchev–Trinajstić information content (AvgIpc) is 2.73. The summed E-state index contributed by atoms with van der Waals surface area (Å²) in [5.41, 5.74) is 1.84. The summed E-state index contributed by atoms with van der Waals surface area (Å²) in [5, 5.41) is 27.3. The Hall–Kier alpha value is -2.98. The van der Waals surface area contributed by atoms with E-state index in [0.717, 1.165) is 5.69 Å². The minimum atomic E-state index is -0.491. The number of pyridine rings is 1. The summed E-state index contributed by atoms with van der Waals surface area (Å²) in [5.74, 6) is 0.914. The van der Waals surface area contributed by atoms with E-state index in [1.165, 1.54) is 18.3 Å². The molecule has 0 aliphatic carbocycles. The molecule has 0 aliphatic rings. The highest BCUT2D eigenvalue weighted by Crippen LogP contribution is 2.28. The SMILES string of the molecule is Cc1cc(Nc2cc(NC(=O)c3c(Cl)cc(CO)cc3Cl)ccn2)nc(NCCCO)n1. The number of nitrogens with zero attached hydrogens (tertiary/aromatic N) is 3. The van der Waals surface area contributed by atoms with Crippen molar-refractivity contribution in [1.82, 2.24) is 15.0 Å². The number of anilines is 4. The molecule has 0 unspecified atom stereocenters. The fourth-order valence-electron chi connectivity index (χ4n) is 2.83. The molecule has 1 aromatic carbocycles. The smallest absolute Gasteiger partial charge is 0.258 e. The van der Waals surface area contributed by atoms with Gasteiger partial charge in [0.15, 0.2) is 0 Å². The predicted octanol–water partition coefficient (Wildman–Crippen LogP) is 3.77. The summed E-state index contributed by atoms with van der Waals surface area (Å²) in [7, 11) is 0. The van der Waals surface area contributed by atoms with Gasteiger partial charge in [-0.3, -0.25) is 4.79 Å². The molecule has 3 aromatic rings. The van der Waals surface area contributed by atoms with Crippen LogP contribution in [0.1, 0.15) is 28.0 Å². The molecule has 0 saturated carbocycles.